The lowest BCUT2D eigenvalue weighted by atomic mass is 9.99. The largest absolute Gasteiger partial charge is 0.322 e. The maximum Gasteiger partial charge on any atom is 0.256 e. The molecule has 1 aromatic heterocycles. The molecule has 1 amide bonds. The van der Waals surface area contributed by atoms with Crippen LogP contribution in [0.2, 0.25) is 5.02 Å². The van der Waals surface area contributed by atoms with E-state index in [1.165, 1.54) is 16.4 Å². The lowest BCUT2D eigenvalue weighted by molar-refractivity contribution is 0.102. The number of halogens is 1. The Labute approximate surface area is 187 Å². The number of amides is 1. The molecule has 0 unspecified atom stereocenters. The highest BCUT2D eigenvalue weighted by Crippen LogP contribution is 2.30. The van der Waals surface area contributed by atoms with Gasteiger partial charge in [-0.2, -0.15) is 4.31 Å². The number of carbonyl (C=O) groups is 1. The Morgan fingerprint density at radius 2 is 1.87 bits per heavy atom. The average molecular weight is 458 g/mol. The smallest absolute Gasteiger partial charge is 0.256 e. The number of fused-ring (bicyclic) bond motifs is 1. The molecule has 0 aliphatic carbocycles. The Morgan fingerprint density at radius 3 is 2.58 bits per heavy atom. The molecular weight excluding hydrogens is 434 g/mol. The van der Waals surface area contributed by atoms with E-state index in [4.69, 9.17) is 11.6 Å². The quantitative estimate of drug-likeness (QED) is 0.597. The summed E-state index contributed by atoms with van der Waals surface area (Å²) in [6.07, 6.45) is 2.37. The van der Waals surface area contributed by atoms with Gasteiger partial charge in [-0.25, -0.2) is 8.42 Å². The van der Waals surface area contributed by atoms with Crippen LogP contribution in [0.5, 0.6) is 0 Å². The second kappa shape index (κ2) is 8.57. The minimum atomic E-state index is -3.71. The van der Waals surface area contributed by atoms with E-state index in [1.807, 2.05) is 38.1 Å². The topological polar surface area (TPSA) is 79.4 Å². The molecule has 1 fully saturated rings. The summed E-state index contributed by atoms with van der Waals surface area (Å²) in [4.78, 5) is 18.0. The van der Waals surface area contributed by atoms with Gasteiger partial charge < -0.3 is 5.32 Å². The highest BCUT2D eigenvalue weighted by atomic mass is 35.5. The molecule has 2 heterocycles. The molecular formula is C23H24ClN3O3S. The fourth-order valence-electron chi connectivity index (χ4n) is 4.03. The van der Waals surface area contributed by atoms with Gasteiger partial charge in [0.15, 0.2) is 0 Å². The molecule has 2 aromatic carbocycles. The molecule has 1 aliphatic rings. The van der Waals surface area contributed by atoms with Crippen LogP contribution in [-0.4, -0.2) is 36.7 Å². The monoisotopic (exact) mass is 457 g/mol. The van der Waals surface area contributed by atoms with Crippen LogP contribution in [0, 0.1) is 6.92 Å². The van der Waals surface area contributed by atoms with E-state index in [2.05, 4.69) is 10.3 Å². The van der Waals surface area contributed by atoms with Crippen LogP contribution in [0.15, 0.2) is 47.4 Å². The Balaban J connectivity index is 1.73. The first-order valence-electron chi connectivity index (χ1n) is 10.3. The molecule has 8 heteroatoms. The number of aryl methyl sites for hydroxylation is 1. The molecule has 0 spiro atoms. The van der Waals surface area contributed by atoms with Crippen molar-refractivity contribution >= 4 is 44.1 Å². The number of benzene rings is 2. The second-order valence-corrected chi connectivity index (χ2v) is 9.95. The number of pyridine rings is 1. The zero-order valence-corrected chi connectivity index (χ0v) is 19.1. The predicted octanol–water partition coefficient (Wildman–Crippen LogP) is 4.80. The van der Waals surface area contributed by atoms with Crippen molar-refractivity contribution in [3.63, 3.8) is 0 Å². The van der Waals surface area contributed by atoms with E-state index >= 15 is 0 Å². The standard InChI is InChI=1S/C23H24ClN3O3S/c1-3-19-15(2)22(17-8-4-5-9-20(17)26-19)23(28)25-16-10-11-18(24)21(14-16)31(29,30)27-12-6-7-13-27/h4-5,8-11,14H,3,6-7,12-13H2,1-2H3,(H,25,28). The Kier molecular flexibility index (Phi) is 6.01. The first kappa shape index (κ1) is 21.7. The molecule has 0 atom stereocenters. The van der Waals surface area contributed by atoms with E-state index < -0.39 is 10.0 Å². The van der Waals surface area contributed by atoms with Crippen molar-refractivity contribution in [2.24, 2.45) is 0 Å². The minimum absolute atomic E-state index is 0.0134. The molecule has 0 saturated carbocycles. The Hall–Kier alpha value is -2.48. The maximum atomic E-state index is 13.3. The number of para-hydroxylation sites is 1. The van der Waals surface area contributed by atoms with Crippen LogP contribution < -0.4 is 5.32 Å². The van der Waals surface area contributed by atoms with Crippen molar-refractivity contribution < 1.29 is 13.2 Å². The molecule has 3 aromatic rings. The summed E-state index contributed by atoms with van der Waals surface area (Å²) in [6.45, 7) is 4.85. The molecule has 162 valence electrons. The third-order valence-corrected chi connectivity index (χ3v) is 8.05. The summed E-state index contributed by atoms with van der Waals surface area (Å²) in [7, 11) is -3.71. The maximum absolute atomic E-state index is 13.3. The normalized spacial score (nSPS) is 14.8. The molecule has 0 bridgehead atoms. The van der Waals surface area contributed by atoms with Crippen molar-refractivity contribution in [3.05, 3.63) is 64.3 Å². The van der Waals surface area contributed by atoms with Gasteiger partial charge in [0.1, 0.15) is 4.90 Å². The van der Waals surface area contributed by atoms with Gasteiger partial charge in [-0.15, -0.1) is 0 Å². The van der Waals surface area contributed by atoms with E-state index in [9.17, 15) is 13.2 Å². The van der Waals surface area contributed by atoms with Crippen molar-refractivity contribution in [3.8, 4) is 0 Å². The van der Waals surface area contributed by atoms with Gasteiger partial charge in [0.25, 0.3) is 5.91 Å². The zero-order valence-electron chi connectivity index (χ0n) is 17.5. The summed E-state index contributed by atoms with van der Waals surface area (Å²) in [5.74, 6) is -0.308. The lowest BCUT2D eigenvalue weighted by Gasteiger charge is -2.18. The third-order valence-electron chi connectivity index (χ3n) is 5.67. The number of nitrogens with one attached hydrogen (secondary N) is 1. The zero-order chi connectivity index (χ0) is 22.2. The van der Waals surface area contributed by atoms with Crippen LogP contribution in [0.3, 0.4) is 0 Å². The van der Waals surface area contributed by atoms with E-state index in [0.717, 1.165) is 35.0 Å². The first-order chi connectivity index (χ1) is 14.8. The van der Waals surface area contributed by atoms with Gasteiger partial charge in [-0.1, -0.05) is 36.7 Å². The number of nitrogens with zero attached hydrogens (tertiary/aromatic N) is 2. The number of rotatable bonds is 5. The number of hydrogen-bond acceptors (Lipinski definition) is 4. The van der Waals surface area contributed by atoms with Crippen molar-refractivity contribution in [1.82, 2.24) is 9.29 Å². The Bertz CT molecular complexity index is 1270. The van der Waals surface area contributed by atoms with Crippen LogP contribution in [0.25, 0.3) is 10.9 Å². The summed E-state index contributed by atoms with van der Waals surface area (Å²) in [6, 6.07) is 12.1. The molecule has 1 N–H and O–H groups in total. The number of hydrogen-bond donors (Lipinski definition) is 1. The number of carbonyl (C=O) groups excluding carboxylic acids is 1. The molecule has 4 rings (SSSR count). The summed E-state index contributed by atoms with van der Waals surface area (Å²) in [5, 5.41) is 3.76. The van der Waals surface area contributed by atoms with Gasteiger partial charge in [0.05, 0.1) is 16.1 Å². The van der Waals surface area contributed by atoms with E-state index in [0.29, 0.717) is 30.8 Å². The number of aromatic nitrogens is 1. The SMILES string of the molecule is CCc1nc2ccccc2c(C(=O)Nc2ccc(Cl)c(S(=O)(=O)N3CCCC3)c2)c1C. The summed E-state index contributed by atoms with van der Waals surface area (Å²) < 4.78 is 27.4. The minimum Gasteiger partial charge on any atom is -0.322 e. The predicted molar refractivity (Wildman–Crippen MR) is 123 cm³/mol. The fraction of sp³-hybridized carbons (Fsp3) is 0.304. The van der Waals surface area contributed by atoms with Gasteiger partial charge >= 0.3 is 0 Å². The van der Waals surface area contributed by atoms with Gasteiger partial charge in [-0.3, -0.25) is 9.78 Å². The molecule has 31 heavy (non-hydrogen) atoms. The van der Waals surface area contributed by atoms with E-state index in [-0.39, 0.29) is 15.8 Å². The second-order valence-electron chi connectivity index (χ2n) is 7.64. The van der Waals surface area contributed by atoms with Crippen LogP contribution >= 0.6 is 11.6 Å². The van der Waals surface area contributed by atoms with Gasteiger partial charge in [-0.05, 0) is 56.0 Å². The van der Waals surface area contributed by atoms with Crippen molar-refractivity contribution in [1.29, 1.82) is 0 Å². The number of anilines is 1. The van der Waals surface area contributed by atoms with E-state index in [1.54, 1.807) is 6.07 Å². The third kappa shape index (κ3) is 4.05. The van der Waals surface area contributed by atoms with Crippen LogP contribution in [0.1, 0.15) is 41.4 Å². The fourth-order valence-corrected chi connectivity index (χ4v) is 6.05. The number of sulfonamides is 1. The Morgan fingerprint density at radius 1 is 1.16 bits per heavy atom. The summed E-state index contributed by atoms with van der Waals surface area (Å²) in [5.41, 5.74) is 3.35. The molecule has 1 aliphatic heterocycles. The highest BCUT2D eigenvalue weighted by Gasteiger charge is 2.29. The van der Waals surface area contributed by atoms with Gasteiger partial charge in [0, 0.05) is 29.9 Å². The first-order valence-corrected chi connectivity index (χ1v) is 12.1. The lowest BCUT2D eigenvalue weighted by Crippen LogP contribution is -2.28. The summed E-state index contributed by atoms with van der Waals surface area (Å²) >= 11 is 6.23. The molecule has 6 nitrogen and oxygen atoms in total. The van der Waals surface area contributed by atoms with Crippen molar-refractivity contribution in [2.45, 2.75) is 38.0 Å². The molecule has 1 saturated heterocycles. The van der Waals surface area contributed by atoms with Crippen molar-refractivity contribution in [2.75, 3.05) is 18.4 Å². The highest BCUT2D eigenvalue weighted by molar-refractivity contribution is 7.89. The van der Waals surface area contributed by atoms with Crippen LogP contribution in [0.4, 0.5) is 5.69 Å². The van der Waals surface area contributed by atoms with Crippen LogP contribution in [-0.2, 0) is 16.4 Å². The average Bonchev–Trinajstić information content (AvgIpc) is 3.30. The molecule has 0 radical (unpaired) electrons. The van der Waals surface area contributed by atoms with Gasteiger partial charge in [0.2, 0.25) is 10.0 Å².